The van der Waals surface area contributed by atoms with E-state index in [1.807, 2.05) is 30.5 Å². The van der Waals surface area contributed by atoms with Gasteiger partial charge in [0.15, 0.2) is 0 Å². The lowest BCUT2D eigenvalue weighted by atomic mass is 10.1. The van der Waals surface area contributed by atoms with Crippen molar-refractivity contribution in [1.29, 1.82) is 0 Å². The SMILES string of the molecule is Cc1ccc2c(-c3c(NCCCc4ccccc4)[nH]c(=O)n3-c3ccc4nc[nH]c4c3)c[nH]c2c1. The zero-order valence-electron chi connectivity index (χ0n) is 19.4. The zero-order chi connectivity index (χ0) is 23.8. The minimum Gasteiger partial charge on any atom is -0.370 e. The normalized spacial score (nSPS) is 11.5. The maximum Gasteiger partial charge on any atom is 0.332 e. The van der Waals surface area contributed by atoms with E-state index in [9.17, 15) is 4.79 Å². The molecule has 0 bridgehead atoms. The number of hydrogen-bond acceptors (Lipinski definition) is 3. The molecule has 174 valence electrons. The second-order valence-electron chi connectivity index (χ2n) is 8.86. The molecule has 0 unspecified atom stereocenters. The molecule has 0 saturated heterocycles. The molecule has 3 aromatic heterocycles. The number of aryl methyl sites for hydroxylation is 2. The van der Waals surface area contributed by atoms with Crippen LogP contribution in [0.2, 0.25) is 0 Å². The van der Waals surface area contributed by atoms with Gasteiger partial charge in [0.25, 0.3) is 0 Å². The average molecular weight is 463 g/mol. The van der Waals surface area contributed by atoms with Crippen LogP contribution >= 0.6 is 0 Å². The van der Waals surface area contributed by atoms with Crippen molar-refractivity contribution < 1.29 is 0 Å². The van der Waals surface area contributed by atoms with Crippen molar-refractivity contribution in [1.82, 2.24) is 24.5 Å². The largest absolute Gasteiger partial charge is 0.370 e. The summed E-state index contributed by atoms with van der Waals surface area (Å²) in [4.78, 5) is 27.2. The lowest BCUT2D eigenvalue weighted by molar-refractivity contribution is 0.860. The number of rotatable bonds is 7. The van der Waals surface area contributed by atoms with E-state index in [2.05, 4.69) is 74.6 Å². The van der Waals surface area contributed by atoms with Crippen molar-refractivity contribution in [3.63, 3.8) is 0 Å². The smallest absolute Gasteiger partial charge is 0.332 e. The monoisotopic (exact) mass is 462 g/mol. The van der Waals surface area contributed by atoms with Crippen LogP contribution in [-0.2, 0) is 6.42 Å². The molecule has 0 amide bonds. The molecule has 0 aliphatic carbocycles. The molecule has 0 aliphatic rings. The van der Waals surface area contributed by atoms with Crippen LogP contribution in [0.1, 0.15) is 17.5 Å². The number of imidazole rings is 2. The summed E-state index contributed by atoms with van der Waals surface area (Å²) in [6, 6.07) is 22.6. The standard InChI is InChI=1S/C28H26N6O/c1-18-9-11-21-22(16-30-24(21)14-18)26-27(29-13-5-8-19-6-3-2-4-7-19)33-28(35)34(26)20-10-12-23-25(15-20)32-17-31-23/h2-4,6-7,9-12,14-17,29-30H,5,8,13H2,1H3,(H,31,32)(H,33,35). The first-order valence-corrected chi connectivity index (χ1v) is 11.8. The van der Waals surface area contributed by atoms with Crippen molar-refractivity contribution in [2.75, 3.05) is 11.9 Å². The van der Waals surface area contributed by atoms with Crippen LogP contribution in [0.4, 0.5) is 5.82 Å². The van der Waals surface area contributed by atoms with Gasteiger partial charge in [0.05, 0.1) is 23.0 Å². The summed E-state index contributed by atoms with van der Waals surface area (Å²) < 4.78 is 1.74. The van der Waals surface area contributed by atoms with Crippen LogP contribution in [0.3, 0.4) is 0 Å². The Morgan fingerprint density at radius 1 is 0.971 bits per heavy atom. The Kier molecular flexibility index (Phi) is 5.22. The molecule has 0 saturated carbocycles. The highest BCUT2D eigenvalue weighted by Gasteiger charge is 2.20. The lowest BCUT2D eigenvalue weighted by Gasteiger charge is -2.11. The summed E-state index contributed by atoms with van der Waals surface area (Å²) in [6.45, 7) is 2.81. The van der Waals surface area contributed by atoms with Gasteiger partial charge in [-0.2, -0.15) is 0 Å². The molecule has 35 heavy (non-hydrogen) atoms. The number of H-pyrrole nitrogens is 3. The maximum absolute atomic E-state index is 13.3. The molecule has 3 heterocycles. The molecular formula is C28H26N6O. The van der Waals surface area contributed by atoms with Crippen molar-refractivity contribution in [3.05, 3.63) is 101 Å². The summed E-state index contributed by atoms with van der Waals surface area (Å²) in [5.74, 6) is 0.717. The van der Waals surface area contributed by atoms with Crippen molar-refractivity contribution in [3.8, 4) is 16.9 Å². The number of nitrogens with zero attached hydrogens (tertiary/aromatic N) is 2. The van der Waals surface area contributed by atoms with E-state index in [1.54, 1.807) is 10.9 Å². The van der Waals surface area contributed by atoms with E-state index < -0.39 is 0 Å². The molecule has 4 N–H and O–H groups in total. The fourth-order valence-electron chi connectivity index (χ4n) is 4.71. The fraction of sp³-hybridized carbons (Fsp3) is 0.143. The van der Waals surface area contributed by atoms with Gasteiger partial charge in [-0.1, -0.05) is 42.5 Å². The van der Waals surface area contributed by atoms with Crippen LogP contribution < -0.4 is 11.0 Å². The summed E-state index contributed by atoms with van der Waals surface area (Å²) in [6.07, 6.45) is 5.56. The van der Waals surface area contributed by atoms with Crippen molar-refractivity contribution in [2.24, 2.45) is 0 Å². The highest BCUT2D eigenvalue weighted by molar-refractivity contribution is 5.98. The van der Waals surface area contributed by atoms with Crippen LogP contribution in [0.15, 0.2) is 84.0 Å². The highest BCUT2D eigenvalue weighted by atomic mass is 16.1. The van der Waals surface area contributed by atoms with E-state index >= 15 is 0 Å². The van der Waals surface area contributed by atoms with E-state index in [-0.39, 0.29) is 5.69 Å². The number of aromatic amines is 3. The minimum absolute atomic E-state index is 0.189. The Bertz CT molecular complexity index is 1690. The zero-order valence-corrected chi connectivity index (χ0v) is 19.4. The first-order valence-electron chi connectivity index (χ1n) is 11.8. The number of nitrogens with one attached hydrogen (secondary N) is 4. The molecule has 0 radical (unpaired) electrons. The summed E-state index contributed by atoms with van der Waals surface area (Å²) in [7, 11) is 0. The third kappa shape index (κ3) is 3.91. The van der Waals surface area contributed by atoms with Crippen LogP contribution in [0, 0.1) is 6.92 Å². The van der Waals surface area contributed by atoms with Gasteiger partial charge < -0.3 is 15.3 Å². The third-order valence-electron chi connectivity index (χ3n) is 6.44. The molecule has 0 atom stereocenters. The van der Waals surface area contributed by atoms with Gasteiger partial charge in [-0.25, -0.2) is 9.78 Å². The van der Waals surface area contributed by atoms with Gasteiger partial charge in [0.1, 0.15) is 11.5 Å². The molecule has 0 fully saturated rings. The summed E-state index contributed by atoms with van der Waals surface area (Å²) in [5, 5.41) is 4.57. The molecule has 0 aliphatic heterocycles. The van der Waals surface area contributed by atoms with Crippen molar-refractivity contribution in [2.45, 2.75) is 19.8 Å². The summed E-state index contributed by atoms with van der Waals surface area (Å²) in [5.41, 5.74) is 7.63. The third-order valence-corrected chi connectivity index (χ3v) is 6.44. The topological polar surface area (TPSA) is 94.3 Å². The number of anilines is 1. The molecular weight excluding hydrogens is 436 g/mol. The highest BCUT2D eigenvalue weighted by Crippen LogP contribution is 2.34. The van der Waals surface area contributed by atoms with Gasteiger partial charge in [0.2, 0.25) is 0 Å². The van der Waals surface area contributed by atoms with Gasteiger partial charge in [-0.15, -0.1) is 0 Å². The Morgan fingerprint density at radius 3 is 2.74 bits per heavy atom. The van der Waals surface area contributed by atoms with Gasteiger partial charge in [0, 0.05) is 29.2 Å². The number of benzene rings is 3. The van der Waals surface area contributed by atoms with Crippen LogP contribution in [-0.4, -0.2) is 31.0 Å². The molecule has 7 heteroatoms. The first kappa shape index (κ1) is 21.0. The van der Waals surface area contributed by atoms with Crippen LogP contribution in [0.25, 0.3) is 38.9 Å². The Morgan fingerprint density at radius 2 is 1.86 bits per heavy atom. The molecule has 0 spiro atoms. The molecule has 7 nitrogen and oxygen atoms in total. The Labute approximate surface area is 201 Å². The number of aromatic nitrogens is 5. The molecule has 3 aromatic carbocycles. The van der Waals surface area contributed by atoms with E-state index in [0.29, 0.717) is 5.82 Å². The van der Waals surface area contributed by atoms with E-state index in [1.165, 1.54) is 11.1 Å². The van der Waals surface area contributed by atoms with E-state index in [0.717, 1.165) is 58.3 Å². The molecule has 6 rings (SSSR count). The predicted octanol–water partition coefficient (Wildman–Crippen LogP) is 5.54. The molecule has 6 aromatic rings. The first-order chi connectivity index (χ1) is 17.2. The second kappa shape index (κ2) is 8.68. The quantitative estimate of drug-likeness (QED) is 0.235. The van der Waals surface area contributed by atoms with E-state index in [4.69, 9.17) is 0 Å². The number of hydrogen-bond donors (Lipinski definition) is 4. The van der Waals surface area contributed by atoms with Crippen LogP contribution in [0.5, 0.6) is 0 Å². The second-order valence-corrected chi connectivity index (χ2v) is 8.86. The Hall–Kier alpha value is -4.52. The fourth-order valence-corrected chi connectivity index (χ4v) is 4.71. The number of fused-ring (bicyclic) bond motifs is 2. The lowest BCUT2D eigenvalue weighted by Crippen LogP contribution is -2.15. The summed E-state index contributed by atoms with van der Waals surface area (Å²) >= 11 is 0. The van der Waals surface area contributed by atoms with Gasteiger partial charge >= 0.3 is 5.69 Å². The predicted molar refractivity (Wildman–Crippen MR) is 141 cm³/mol. The van der Waals surface area contributed by atoms with Gasteiger partial charge in [-0.05, 0) is 55.2 Å². The Balaban J connectivity index is 1.42. The van der Waals surface area contributed by atoms with Gasteiger partial charge in [-0.3, -0.25) is 9.55 Å². The average Bonchev–Trinajstić information content (AvgIpc) is 3.58. The maximum atomic E-state index is 13.3. The minimum atomic E-state index is -0.189. The van der Waals surface area contributed by atoms with Crippen molar-refractivity contribution >= 4 is 27.8 Å².